The predicted octanol–water partition coefficient (Wildman–Crippen LogP) is 3.40. The summed E-state index contributed by atoms with van der Waals surface area (Å²) in [5.41, 5.74) is 1.81. The fraction of sp³-hybridized carbons (Fsp3) is 0.562. The molecule has 0 aromatic heterocycles. The predicted molar refractivity (Wildman–Crippen MR) is 76.3 cm³/mol. The van der Waals surface area contributed by atoms with E-state index < -0.39 is 5.97 Å². The molecular weight excluding hydrogens is 238 g/mol. The first-order valence-corrected chi connectivity index (χ1v) is 7.14. The molecule has 3 heteroatoms. The van der Waals surface area contributed by atoms with Gasteiger partial charge in [-0.05, 0) is 42.9 Å². The number of nitrogens with zero attached hydrogens (tertiary/aromatic N) is 1. The van der Waals surface area contributed by atoms with E-state index in [-0.39, 0.29) is 0 Å². The zero-order valence-electron chi connectivity index (χ0n) is 11.9. The molecule has 0 radical (unpaired) electrons. The Bertz CT molecular complexity index is 452. The molecule has 0 amide bonds. The Morgan fingerprint density at radius 3 is 2.58 bits per heavy atom. The van der Waals surface area contributed by atoms with Gasteiger partial charge in [-0.15, -0.1) is 0 Å². The second-order valence-electron chi connectivity index (χ2n) is 5.63. The van der Waals surface area contributed by atoms with E-state index in [9.17, 15) is 9.90 Å². The first-order chi connectivity index (χ1) is 9.10. The van der Waals surface area contributed by atoms with Crippen LogP contribution in [0.5, 0.6) is 0 Å². The number of benzene rings is 1. The van der Waals surface area contributed by atoms with Crippen LogP contribution in [0.1, 0.15) is 49.0 Å². The van der Waals surface area contributed by atoms with E-state index in [0.29, 0.717) is 11.0 Å². The molecule has 0 bridgehead atoms. The minimum absolute atomic E-state index is 0.438. The highest BCUT2D eigenvalue weighted by molar-refractivity contribution is 5.89. The van der Waals surface area contributed by atoms with Crippen molar-refractivity contribution in [1.82, 2.24) is 4.90 Å². The quantitative estimate of drug-likeness (QED) is 0.883. The molecule has 0 atom stereocenters. The second kappa shape index (κ2) is 5.74. The van der Waals surface area contributed by atoms with Gasteiger partial charge in [0.15, 0.2) is 0 Å². The maximum absolute atomic E-state index is 11.2. The lowest BCUT2D eigenvalue weighted by atomic mass is 9.82. The summed E-state index contributed by atoms with van der Waals surface area (Å²) in [4.78, 5) is 13.6. The Hall–Kier alpha value is -1.35. The summed E-state index contributed by atoms with van der Waals surface area (Å²) in [7, 11) is 0. The van der Waals surface area contributed by atoms with Crippen LogP contribution >= 0.6 is 0 Å². The van der Waals surface area contributed by atoms with Crippen LogP contribution < -0.4 is 0 Å². The van der Waals surface area contributed by atoms with Crippen LogP contribution in [0.15, 0.2) is 24.3 Å². The van der Waals surface area contributed by atoms with Crippen molar-refractivity contribution < 1.29 is 9.90 Å². The molecule has 1 aromatic rings. The SMILES string of the molecule is CCC1(CC)CCN(Cc2ccccc2C(=O)O)C1. The van der Waals surface area contributed by atoms with Gasteiger partial charge in [0, 0.05) is 13.1 Å². The summed E-state index contributed by atoms with van der Waals surface area (Å²) >= 11 is 0. The Morgan fingerprint density at radius 2 is 2.00 bits per heavy atom. The van der Waals surface area contributed by atoms with Crippen molar-refractivity contribution in [2.75, 3.05) is 13.1 Å². The van der Waals surface area contributed by atoms with E-state index in [0.717, 1.165) is 25.2 Å². The van der Waals surface area contributed by atoms with Crippen molar-refractivity contribution in [3.63, 3.8) is 0 Å². The van der Waals surface area contributed by atoms with Crippen molar-refractivity contribution in [2.45, 2.75) is 39.7 Å². The van der Waals surface area contributed by atoms with Gasteiger partial charge in [0.2, 0.25) is 0 Å². The fourth-order valence-corrected chi connectivity index (χ4v) is 3.10. The Balaban J connectivity index is 2.09. The molecule has 104 valence electrons. The lowest BCUT2D eigenvalue weighted by molar-refractivity contribution is 0.0694. The van der Waals surface area contributed by atoms with Gasteiger partial charge in [0.05, 0.1) is 5.56 Å². The highest BCUT2D eigenvalue weighted by Crippen LogP contribution is 2.37. The Morgan fingerprint density at radius 1 is 1.32 bits per heavy atom. The number of likely N-dealkylation sites (tertiary alicyclic amines) is 1. The van der Waals surface area contributed by atoms with Gasteiger partial charge in [-0.2, -0.15) is 0 Å². The fourth-order valence-electron chi connectivity index (χ4n) is 3.10. The van der Waals surface area contributed by atoms with Crippen molar-refractivity contribution in [2.24, 2.45) is 5.41 Å². The van der Waals surface area contributed by atoms with E-state index in [4.69, 9.17) is 0 Å². The van der Waals surface area contributed by atoms with Crippen molar-refractivity contribution in [3.8, 4) is 0 Å². The van der Waals surface area contributed by atoms with E-state index in [1.165, 1.54) is 19.3 Å². The smallest absolute Gasteiger partial charge is 0.336 e. The van der Waals surface area contributed by atoms with Crippen molar-refractivity contribution >= 4 is 5.97 Å². The lowest BCUT2D eigenvalue weighted by Crippen LogP contribution is -2.26. The monoisotopic (exact) mass is 261 g/mol. The van der Waals surface area contributed by atoms with E-state index in [2.05, 4.69) is 18.7 Å². The first kappa shape index (κ1) is 14.1. The summed E-state index contributed by atoms with van der Waals surface area (Å²) in [5.74, 6) is -0.827. The topological polar surface area (TPSA) is 40.5 Å². The number of carboxylic acid groups (broad SMARTS) is 1. The average Bonchev–Trinajstić information content (AvgIpc) is 2.83. The van der Waals surface area contributed by atoms with Crippen LogP contribution in [-0.2, 0) is 6.54 Å². The van der Waals surface area contributed by atoms with Gasteiger partial charge in [-0.1, -0.05) is 32.0 Å². The minimum Gasteiger partial charge on any atom is -0.478 e. The maximum Gasteiger partial charge on any atom is 0.336 e. The molecule has 0 saturated carbocycles. The number of rotatable bonds is 5. The molecule has 1 N–H and O–H groups in total. The highest BCUT2D eigenvalue weighted by atomic mass is 16.4. The number of hydrogen-bond acceptors (Lipinski definition) is 2. The summed E-state index contributed by atoms with van der Waals surface area (Å²) in [6, 6.07) is 7.34. The van der Waals surface area contributed by atoms with Crippen molar-refractivity contribution in [3.05, 3.63) is 35.4 Å². The summed E-state index contributed by atoms with van der Waals surface area (Å²) in [6.45, 7) is 7.45. The third-order valence-corrected chi connectivity index (χ3v) is 4.66. The molecule has 19 heavy (non-hydrogen) atoms. The summed E-state index contributed by atoms with van der Waals surface area (Å²) in [5, 5.41) is 9.22. The Kier molecular flexibility index (Phi) is 4.25. The molecule has 0 aliphatic carbocycles. The zero-order valence-corrected chi connectivity index (χ0v) is 11.9. The molecule has 1 aliphatic rings. The van der Waals surface area contributed by atoms with Gasteiger partial charge in [0.25, 0.3) is 0 Å². The molecule has 0 spiro atoms. The molecule has 1 saturated heterocycles. The molecule has 0 unspecified atom stereocenters. The van der Waals surface area contributed by atoms with Crippen LogP contribution in [-0.4, -0.2) is 29.1 Å². The molecular formula is C16H23NO2. The number of hydrogen-bond donors (Lipinski definition) is 1. The number of carboxylic acids is 1. The number of aromatic carboxylic acids is 1. The third kappa shape index (κ3) is 2.98. The molecule has 2 rings (SSSR count). The van der Waals surface area contributed by atoms with Crippen LogP contribution in [0.25, 0.3) is 0 Å². The lowest BCUT2D eigenvalue weighted by Gasteiger charge is -2.26. The molecule has 3 nitrogen and oxygen atoms in total. The summed E-state index contributed by atoms with van der Waals surface area (Å²) < 4.78 is 0. The van der Waals surface area contributed by atoms with Gasteiger partial charge in [0.1, 0.15) is 0 Å². The van der Waals surface area contributed by atoms with Gasteiger partial charge in [-0.25, -0.2) is 4.79 Å². The first-order valence-electron chi connectivity index (χ1n) is 7.14. The Labute approximate surface area is 115 Å². The van der Waals surface area contributed by atoms with E-state index >= 15 is 0 Å². The van der Waals surface area contributed by atoms with Crippen molar-refractivity contribution in [1.29, 1.82) is 0 Å². The standard InChI is InChI=1S/C16H23NO2/c1-3-16(4-2)9-10-17(12-16)11-13-7-5-6-8-14(13)15(18)19/h5-8H,3-4,9-12H2,1-2H3,(H,18,19). The van der Waals surface area contributed by atoms with E-state index in [1.54, 1.807) is 12.1 Å². The van der Waals surface area contributed by atoms with Crippen LogP contribution in [0, 0.1) is 5.41 Å². The van der Waals surface area contributed by atoms with Gasteiger partial charge < -0.3 is 5.11 Å². The summed E-state index contributed by atoms with van der Waals surface area (Å²) in [6.07, 6.45) is 3.65. The van der Waals surface area contributed by atoms with Crippen LogP contribution in [0.3, 0.4) is 0 Å². The third-order valence-electron chi connectivity index (χ3n) is 4.66. The molecule has 1 aromatic carbocycles. The van der Waals surface area contributed by atoms with Gasteiger partial charge in [-0.3, -0.25) is 4.90 Å². The van der Waals surface area contributed by atoms with Crippen LogP contribution in [0.4, 0.5) is 0 Å². The normalized spacial score (nSPS) is 18.6. The second-order valence-corrected chi connectivity index (χ2v) is 5.63. The molecule has 1 heterocycles. The maximum atomic E-state index is 11.2. The number of carbonyl (C=O) groups is 1. The average molecular weight is 261 g/mol. The van der Waals surface area contributed by atoms with E-state index in [1.807, 2.05) is 12.1 Å². The van der Waals surface area contributed by atoms with Gasteiger partial charge >= 0.3 is 5.97 Å². The molecule has 1 fully saturated rings. The zero-order chi connectivity index (χ0) is 13.9. The van der Waals surface area contributed by atoms with Crippen LogP contribution in [0.2, 0.25) is 0 Å². The highest BCUT2D eigenvalue weighted by Gasteiger charge is 2.34. The largest absolute Gasteiger partial charge is 0.478 e. The minimum atomic E-state index is -0.827. The molecule has 1 aliphatic heterocycles.